The molecule has 0 bridgehead atoms. The second-order valence-corrected chi connectivity index (χ2v) is 5.44. The van der Waals surface area contributed by atoms with Gasteiger partial charge in [0, 0.05) is 12.3 Å². The van der Waals surface area contributed by atoms with Crippen LogP contribution in [-0.2, 0) is 16.0 Å². The van der Waals surface area contributed by atoms with Crippen LogP contribution in [-0.4, -0.2) is 23.6 Å². The Balaban J connectivity index is 2.16. The molecule has 0 spiro atoms. The number of nitrogens with one attached hydrogen (secondary N) is 1. The molecule has 1 heterocycles. The number of benzene rings is 1. The maximum absolute atomic E-state index is 12.1. The standard InChI is InChI=1S/C16H21NO4/c1-3-4-10(2)15(18)17-14(16(19)20)12-5-6-13-11(9-12)7-8-21-13/h5-6,9-10,14H,3-4,7-8H2,1-2H3,(H,17,18)(H,19,20). The van der Waals surface area contributed by atoms with E-state index in [9.17, 15) is 14.7 Å². The van der Waals surface area contributed by atoms with Crippen molar-refractivity contribution in [2.75, 3.05) is 6.61 Å². The molecule has 5 nitrogen and oxygen atoms in total. The van der Waals surface area contributed by atoms with Crippen molar-refractivity contribution in [1.29, 1.82) is 0 Å². The molecule has 1 amide bonds. The normalized spacial score (nSPS) is 15.7. The van der Waals surface area contributed by atoms with E-state index in [1.54, 1.807) is 12.1 Å². The highest BCUT2D eigenvalue weighted by molar-refractivity contribution is 5.85. The first-order valence-electron chi connectivity index (χ1n) is 7.31. The van der Waals surface area contributed by atoms with E-state index in [2.05, 4.69) is 5.32 Å². The largest absolute Gasteiger partial charge is 0.493 e. The van der Waals surface area contributed by atoms with Crippen molar-refractivity contribution in [2.45, 2.75) is 39.2 Å². The Morgan fingerprint density at radius 1 is 1.43 bits per heavy atom. The molecular weight excluding hydrogens is 270 g/mol. The fourth-order valence-corrected chi connectivity index (χ4v) is 2.52. The molecule has 114 valence electrons. The van der Waals surface area contributed by atoms with E-state index in [1.165, 1.54) is 0 Å². The summed E-state index contributed by atoms with van der Waals surface area (Å²) in [7, 11) is 0. The van der Waals surface area contributed by atoms with Crippen molar-refractivity contribution >= 4 is 11.9 Å². The van der Waals surface area contributed by atoms with Gasteiger partial charge in [-0.25, -0.2) is 4.79 Å². The third-order valence-electron chi connectivity index (χ3n) is 3.75. The summed E-state index contributed by atoms with van der Waals surface area (Å²) in [6, 6.07) is 4.28. The van der Waals surface area contributed by atoms with Crippen LogP contribution in [0.3, 0.4) is 0 Å². The minimum absolute atomic E-state index is 0.186. The van der Waals surface area contributed by atoms with Gasteiger partial charge in [0.1, 0.15) is 5.75 Å². The average Bonchev–Trinajstić information content (AvgIpc) is 2.91. The molecule has 1 aromatic rings. The number of amides is 1. The number of hydrogen-bond acceptors (Lipinski definition) is 3. The maximum Gasteiger partial charge on any atom is 0.330 e. The van der Waals surface area contributed by atoms with Crippen LogP contribution in [0.25, 0.3) is 0 Å². The van der Waals surface area contributed by atoms with E-state index < -0.39 is 12.0 Å². The lowest BCUT2D eigenvalue weighted by molar-refractivity contribution is -0.142. The fourth-order valence-electron chi connectivity index (χ4n) is 2.52. The number of fused-ring (bicyclic) bond motifs is 1. The van der Waals surface area contributed by atoms with Gasteiger partial charge in [0.05, 0.1) is 6.61 Å². The summed E-state index contributed by atoms with van der Waals surface area (Å²) < 4.78 is 5.41. The molecule has 2 unspecified atom stereocenters. The van der Waals surface area contributed by atoms with Crippen LogP contribution in [0.2, 0.25) is 0 Å². The van der Waals surface area contributed by atoms with E-state index in [-0.39, 0.29) is 11.8 Å². The summed E-state index contributed by atoms with van der Waals surface area (Å²) in [6.45, 7) is 4.43. The lowest BCUT2D eigenvalue weighted by atomic mass is 10.0. The van der Waals surface area contributed by atoms with Crippen LogP contribution < -0.4 is 10.1 Å². The molecule has 1 aromatic carbocycles. The molecule has 2 rings (SSSR count). The van der Waals surface area contributed by atoms with Crippen molar-refractivity contribution < 1.29 is 19.4 Å². The minimum Gasteiger partial charge on any atom is -0.493 e. The van der Waals surface area contributed by atoms with Crippen LogP contribution in [0.1, 0.15) is 43.9 Å². The van der Waals surface area contributed by atoms with E-state index in [1.807, 2.05) is 19.9 Å². The Bertz CT molecular complexity index is 541. The molecule has 0 aliphatic carbocycles. The molecule has 2 atom stereocenters. The summed E-state index contributed by atoms with van der Waals surface area (Å²) in [5.74, 6) is -0.657. The zero-order valence-corrected chi connectivity index (χ0v) is 12.4. The van der Waals surface area contributed by atoms with E-state index >= 15 is 0 Å². The smallest absolute Gasteiger partial charge is 0.330 e. The molecule has 2 N–H and O–H groups in total. The van der Waals surface area contributed by atoms with Crippen LogP contribution in [0.15, 0.2) is 18.2 Å². The van der Waals surface area contributed by atoms with Gasteiger partial charge in [-0.15, -0.1) is 0 Å². The molecule has 0 radical (unpaired) electrons. The van der Waals surface area contributed by atoms with Gasteiger partial charge in [0.25, 0.3) is 0 Å². The van der Waals surface area contributed by atoms with Gasteiger partial charge >= 0.3 is 5.97 Å². The van der Waals surface area contributed by atoms with Crippen LogP contribution >= 0.6 is 0 Å². The first-order valence-corrected chi connectivity index (χ1v) is 7.31. The Hall–Kier alpha value is -2.04. The zero-order valence-electron chi connectivity index (χ0n) is 12.4. The predicted octanol–water partition coefficient (Wildman–Crippen LogP) is 2.30. The van der Waals surface area contributed by atoms with Crippen molar-refractivity contribution in [2.24, 2.45) is 5.92 Å². The first-order chi connectivity index (χ1) is 10.0. The van der Waals surface area contributed by atoms with Crippen LogP contribution in [0.5, 0.6) is 5.75 Å². The summed E-state index contributed by atoms with van der Waals surface area (Å²) in [4.78, 5) is 23.5. The summed E-state index contributed by atoms with van der Waals surface area (Å²) in [5, 5.41) is 12.0. The van der Waals surface area contributed by atoms with Crippen molar-refractivity contribution in [3.63, 3.8) is 0 Å². The zero-order chi connectivity index (χ0) is 15.4. The predicted molar refractivity (Wildman–Crippen MR) is 78.2 cm³/mol. The molecule has 0 saturated carbocycles. The number of ether oxygens (including phenoxy) is 1. The van der Waals surface area contributed by atoms with Gasteiger partial charge in [-0.2, -0.15) is 0 Å². The van der Waals surface area contributed by atoms with Crippen molar-refractivity contribution in [1.82, 2.24) is 5.32 Å². The molecule has 0 aromatic heterocycles. The molecule has 21 heavy (non-hydrogen) atoms. The minimum atomic E-state index is -1.05. The molecule has 5 heteroatoms. The number of carboxylic acid groups (broad SMARTS) is 1. The average molecular weight is 291 g/mol. The van der Waals surface area contributed by atoms with Crippen LogP contribution in [0.4, 0.5) is 0 Å². The van der Waals surface area contributed by atoms with Gasteiger partial charge in [-0.1, -0.05) is 26.3 Å². The van der Waals surface area contributed by atoms with Crippen molar-refractivity contribution in [3.05, 3.63) is 29.3 Å². The molecule has 1 aliphatic heterocycles. The Morgan fingerprint density at radius 3 is 2.86 bits per heavy atom. The van der Waals surface area contributed by atoms with E-state index in [0.29, 0.717) is 12.2 Å². The number of carbonyl (C=O) groups excluding carboxylic acids is 1. The van der Waals surface area contributed by atoms with Gasteiger partial charge < -0.3 is 15.2 Å². The van der Waals surface area contributed by atoms with Crippen molar-refractivity contribution in [3.8, 4) is 5.75 Å². The molecular formula is C16H21NO4. The highest BCUT2D eigenvalue weighted by Gasteiger charge is 2.25. The van der Waals surface area contributed by atoms with Gasteiger partial charge in [0.15, 0.2) is 6.04 Å². The Kier molecular flexibility index (Phi) is 4.83. The summed E-state index contributed by atoms with van der Waals surface area (Å²) in [6.07, 6.45) is 2.41. The van der Waals surface area contributed by atoms with Gasteiger partial charge in [-0.3, -0.25) is 4.79 Å². The lowest BCUT2D eigenvalue weighted by Gasteiger charge is -2.18. The summed E-state index contributed by atoms with van der Waals surface area (Å²) in [5.41, 5.74) is 1.58. The van der Waals surface area contributed by atoms with E-state index in [4.69, 9.17) is 4.74 Å². The topological polar surface area (TPSA) is 75.6 Å². The highest BCUT2D eigenvalue weighted by Crippen LogP contribution is 2.28. The molecule has 0 fully saturated rings. The van der Waals surface area contributed by atoms with Gasteiger partial charge in [-0.05, 0) is 29.7 Å². The Morgan fingerprint density at radius 2 is 2.19 bits per heavy atom. The number of rotatable bonds is 6. The number of aliphatic carboxylic acids is 1. The highest BCUT2D eigenvalue weighted by atomic mass is 16.5. The van der Waals surface area contributed by atoms with Gasteiger partial charge in [0.2, 0.25) is 5.91 Å². The third kappa shape index (κ3) is 3.54. The maximum atomic E-state index is 12.1. The second kappa shape index (κ2) is 6.61. The number of hydrogen-bond donors (Lipinski definition) is 2. The molecule has 0 saturated heterocycles. The number of carbonyl (C=O) groups is 2. The monoisotopic (exact) mass is 291 g/mol. The number of carboxylic acids is 1. The Labute approximate surface area is 124 Å². The summed E-state index contributed by atoms with van der Waals surface area (Å²) >= 11 is 0. The lowest BCUT2D eigenvalue weighted by Crippen LogP contribution is -2.37. The second-order valence-electron chi connectivity index (χ2n) is 5.44. The van der Waals surface area contributed by atoms with E-state index in [0.717, 1.165) is 30.6 Å². The van der Waals surface area contributed by atoms with Crippen LogP contribution in [0, 0.1) is 5.92 Å². The SMILES string of the molecule is CCCC(C)C(=O)NC(C(=O)O)c1ccc2c(c1)CCO2. The quantitative estimate of drug-likeness (QED) is 0.843. The first kappa shape index (κ1) is 15.4. The third-order valence-corrected chi connectivity index (χ3v) is 3.75. The molecule has 1 aliphatic rings. The fraction of sp³-hybridized carbons (Fsp3) is 0.500.